The van der Waals surface area contributed by atoms with Crippen LogP contribution in [-0.2, 0) is 0 Å². The van der Waals surface area contributed by atoms with Crippen LogP contribution in [0.4, 0.5) is 31.5 Å². The summed E-state index contributed by atoms with van der Waals surface area (Å²) >= 11 is 1.31. The molecule has 12 heteroatoms. The highest BCUT2D eigenvalue weighted by Gasteiger charge is 2.15. The van der Waals surface area contributed by atoms with Gasteiger partial charge in [-0.05, 0) is 81.2 Å². The Morgan fingerprint density at radius 3 is 2.72 bits per heavy atom. The number of methoxy groups -OCH3 is 1. The Balaban J connectivity index is 1.14. The standard InChI is InChI=1S/C31H32FN7O3S/c1-19-6-8-22(32)25(14-19)36-30(40)38-31-37-23-9-7-20(15-28(23)43-31)35-29-21-16-26(41-2)27(17-24(21)33-18-34-29)42-13-5-12-39-10-3-4-11-39/h6-9,14-18H,3-5,10-13H2,1-2H3,(H,33,34,35)(H2,36,37,38,40). The molecule has 0 radical (unpaired) electrons. The third-order valence-corrected chi connectivity index (χ3v) is 8.17. The number of thiazole rings is 1. The topological polar surface area (TPSA) is 114 Å². The van der Waals surface area contributed by atoms with Gasteiger partial charge in [0.2, 0.25) is 0 Å². The molecule has 1 saturated heterocycles. The van der Waals surface area contributed by atoms with E-state index in [0.717, 1.165) is 39.8 Å². The SMILES string of the molecule is COc1cc2c(Nc3ccc4nc(NC(=O)Nc5cc(C)ccc5F)sc4c3)ncnc2cc1OCCCN1CCCC1. The predicted octanol–water partition coefficient (Wildman–Crippen LogP) is 6.95. The van der Waals surface area contributed by atoms with Crippen LogP contribution in [0.2, 0.25) is 0 Å². The normalized spacial score (nSPS) is 13.4. The number of ether oxygens (including phenoxy) is 2. The quantitative estimate of drug-likeness (QED) is 0.147. The first kappa shape index (κ1) is 28.6. The summed E-state index contributed by atoms with van der Waals surface area (Å²) in [6.07, 6.45) is 5.02. The lowest BCUT2D eigenvalue weighted by molar-refractivity contribution is 0.254. The van der Waals surface area contributed by atoms with E-state index in [2.05, 4.69) is 35.8 Å². The number of nitrogens with one attached hydrogen (secondary N) is 3. The van der Waals surface area contributed by atoms with Crippen LogP contribution in [-0.4, -0.2) is 59.2 Å². The van der Waals surface area contributed by atoms with E-state index in [9.17, 15) is 9.18 Å². The van der Waals surface area contributed by atoms with Crippen LogP contribution in [0.1, 0.15) is 24.8 Å². The van der Waals surface area contributed by atoms with Crippen LogP contribution in [0.25, 0.3) is 21.1 Å². The maximum absolute atomic E-state index is 14.0. The number of hydrogen-bond donors (Lipinski definition) is 3. The molecule has 222 valence electrons. The van der Waals surface area contributed by atoms with Gasteiger partial charge in [0.1, 0.15) is 18.0 Å². The van der Waals surface area contributed by atoms with Crippen molar-refractivity contribution >= 4 is 60.8 Å². The second kappa shape index (κ2) is 12.8. The second-order valence-electron chi connectivity index (χ2n) is 10.4. The number of aromatic nitrogens is 3. The second-order valence-corrected chi connectivity index (χ2v) is 11.4. The van der Waals surface area contributed by atoms with Gasteiger partial charge in [0.15, 0.2) is 16.6 Å². The molecule has 3 aromatic carbocycles. The Morgan fingerprint density at radius 2 is 1.88 bits per heavy atom. The van der Waals surface area contributed by atoms with Gasteiger partial charge in [-0.15, -0.1) is 0 Å². The monoisotopic (exact) mass is 601 g/mol. The van der Waals surface area contributed by atoms with E-state index in [1.165, 1.54) is 49.7 Å². The minimum atomic E-state index is -0.571. The van der Waals surface area contributed by atoms with Crippen molar-refractivity contribution in [1.82, 2.24) is 19.9 Å². The molecule has 0 atom stereocenters. The molecule has 1 aliphatic rings. The first-order valence-corrected chi connectivity index (χ1v) is 15.0. The molecule has 1 aliphatic heterocycles. The summed E-state index contributed by atoms with van der Waals surface area (Å²) in [5.41, 5.74) is 3.18. The average Bonchev–Trinajstić information content (AvgIpc) is 3.66. The van der Waals surface area contributed by atoms with Gasteiger partial charge in [0.25, 0.3) is 0 Å². The van der Waals surface area contributed by atoms with Crippen LogP contribution in [0.5, 0.6) is 11.5 Å². The highest BCUT2D eigenvalue weighted by atomic mass is 32.1. The van der Waals surface area contributed by atoms with Gasteiger partial charge in [-0.3, -0.25) is 5.32 Å². The molecule has 0 spiro atoms. The zero-order chi connectivity index (χ0) is 29.8. The summed E-state index contributed by atoms with van der Waals surface area (Å²) in [7, 11) is 1.62. The van der Waals surface area contributed by atoms with E-state index in [1.807, 2.05) is 37.3 Å². The van der Waals surface area contributed by atoms with Crippen molar-refractivity contribution in [3.63, 3.8) is 0 Å². The Labute approximate surface area is 252 Å². The molecule has 10 nitrogen and oxygen atoms in total. The van der Waals surface area contributed by atoms with E-state index in [4.69, 9.17) is 9.47 Å². The molecular formula is C31H32FN7O3S. The molecule has 0 aliphatic carbocycles. The van der Waals surface area contributed by atoms with Gasteiger partial charge in [-0.25, -0.2) is 24.1 Å². The van der Waals surface area contributed by atoms with Gasteiger partial charge in [0, 0.05) is 23.7 Å². The minimum absolute atomic E-state index is 0.106. The fourth-order valence-electron chi connectivity index (χ4n) is 5.09. The summed E-state index contributed by atoms with van der Waals surface area (Å²) in [5.74, 6) is 1.38. The Morgan fingerprint density at radius 1 is 1.02 bits per heavy atom. The lowest BCUT2D eigenvalue weighted by Crippen LogP contribution is -2.21. The highest BCUT2D eigenvalue weighted by Crippen LogP contribution is 2.36. The predicted molar refractivity (Wildman–Crippen MR) is 169 cm³/mol. The van der Waals surface area contributed by atoms with Crippen molar-refractivity contribution in [1.29, 1.82) is 0 Å². The summed E-state index contributed by atoms with van der Waals surface area (Å²) in [6.45, 7) is 5.81. The number of carbonyl (C=O) groups excluding carboxylic acids is 1. The van der Waals surface area contributed by atoms with Crippen LogP contribution in [0, 0.1) is 12.7 Å². The molecule has 2 aromatic heterocycles. The third-order valence-electron chi connectivity index (χ3n) is 7.24. The van der Waals surface area contributed by atoms with Gasteiger partial charge in [-0.2, -0.15) is 0 Å². The van der Waals surface area contributed by atoms with E-state index in [-0.39, 0.29) is 5.69 Å². The number of anilines is 4. The number of halogens is 1. The van der Waals surface area contributed by atoms with Crippen molar-refractivity contribution in [3.8, 4) is 11.5 Å². The van der Waals surface area contributed by atoms with Gasteiger partial charge < -0.3 is 25.0 Å². The van der Waals surface area contributed by atoms with Gasteiger partial charge >= 0.3 is 6.03 Å². The van der Waals surface area contributed by atoms with E-state index >= 15 is 0 Å². The Hall–Kier alpha value is -4.55. The number of fused-ring (bicyclic) bond motifs is 2. The Bertz CT molecular complexity index is 1770. The van der Waals surface area contributed by atoms with Crippen molar-refractivity contribution in [2.24, 2.45) is 0 Å². The molecule has 3 N–H and O–H groups in total. The number of carbonyl (C=O) groups is 1. The third kappa shape index (κ3) is 6.76. The van der Waals surface area contributed by atoms with Crippen LogP contribution < -0.4 is 25.4 Å². The fraction of sp³-hybridized carbons (Fsp3) is 0.290. The number of rotatable bonds is 10. The molecule has 3 heterocycles. The first-order chi connectivity index (χ1) is 20.9. The molecule has 5 aromatic rings. The van der Waals surface area contributed by atoms with Crippen molar-refractivity contribution < 1.29 is 18.7 Å². The fourth-order valence-corrected chi connectivity index (χ4v) is 5.99. The molecule has 0 saturated carbocycles. The molecule has 6 rings (SSSR count). The van der Waals surface area contributed by atoms with E-state index in [0.29, 0.717) is 34.6 Å². The van der Waals surface area contributed by atoms with Crippen molar-refractivity contribution in [2.75, 3.05) is 49.3 Å². The molecule has 0 bridgehead atoms. The first-order valence-electron chi connectivity index (χ1n) is 14.1. The average molecular weight is 602 g/mol. The number of benzene rings is 3. The van der Waals surface area contributed by atoms with Gasteiger partial charge in [0.05, 0.1) is 35.1 Å². The number of amides is 2. The molecular weight excluding hydrogens is 569 g/mol. The van der Waals surface area contributed by atoms with Crippen LogP contribution in [0.15, 0.2) is 54.9 Å². The summed E-state index contributed by atoms with van der Waals surface area (Å²) in [5, 5.41) is 9.78. The number of hydrogen-bond acceptors (Lipinski definition) is 9. The summed E-state index contributed by atoms with van der Waals surface area (Å²) in [6, 6.07) is 13.4. The molecule has 0 unspecified atom stereocenters. The largest absolute Gasteiger partial charge is 0.493 e. The highest BCUT2D eigenvalue weighted by molar-refractivity contribution is 7.22. The molecule has 2 amide bonds. The number of likely N-dealkylation sites (tertiary alicyclic amines) is 1. The molecule has 1 fully saturated rings. The number of urea groups is 1. The summed E-state index contributed by atoms with van der Waals surface area (Å²) in [4.78, 5) is 28.4. The maximum atomic E-state index is 14.0. The van der Waals surface area contributed by atoms with Gasteiger partial charge in [-0.1, -0.05) is 17.4 Å². The smallest absolute Gasteiger partial charge is 0.325 e. The van der Waals surface area contributed by atoms with E-state index in [1.54, 1.807) is 19.2 Å². The Kier molecular flexibility index (Phi) is 8.47. The van der Waals surface area contributed by atoms with Crippen molar-refractivity contribution in [3.05, 3.63) is 66.2 Å². The number of nitrogens with zero attached hydrogens (tertiary/aromatic N) is 4. The summed E-state index contributed by atoms with van der Waals surface area (Å²) < 4.78 is 26.6. The minimum Gasteiger partial charge on any atom is -0.493 e. The maximum Gasteiger partial charge on any atom is 0.325 e. The zero-order valence-corrected chi connectivity index (χ0v) is 24.8. The lowest BCUT2D eigenvalue weighted by Gasteiger charge is -2.16. The molecule has 43 heavy (non-hydrogen) atoms. The lowest BCUT2D eigenvalue weighted by atomic mass is 10.2. The van der Waals surface area contributed by atoms with Crippen LogP contribution in [0.3, 0.4) is 0 Å². The van der Waals surface area contributed by atoms with E-state index < -0.39 is 11.8 Å². The zero-order valence-electron chi connectivity index (χ0n) is 23.9. The number of aryl methyl sites for hydroxylation is 1. The van der Waals surface area contributed by atoms with Crippen LogP contribution >= 0.6 is 11.3 Å². The van der Waals surface area contributed by atoms with Crippen molar-refractivity contribution in [2.45, 2.75) is 26.2 Å².